The van der Waals surface area contributed by atoms with Gasteiger partial charge in [0, 0.05) is 5.56 Å². The highest BCUT2D eigenvalue weighted by atomic mass is 32.1. The summed E-state index contributed by atoms with van der Waals surface area (Å²) in [4.78, 5) is 11.9. The van der Waals surface area contributed by atoms with E-state index in [0.29, 0.717) is 17.2 Å². The minimum atomic E-state index is -0.0657. The second kappa shape index (κ2) is 4.53. The second-order valence-electron chi connectivity index (χ2n) is 3.90. The van der Waals surface area contributed by atoms with Gasteiger partial charge in [-0.15, -0.1) is 0 Å². The van der Waals surface area contributed by atoms with Gasteiger partial charge in [-0.3, -0.25) is 4.79 Å². The molecule has 0 spiro atoms. The van der Waals surface area contributed by atoms with Crippen LogP contribution >= 0.6 is 11.7 Å². The van der Waals surface area contributed by atoms with Gasteiger partial charge in [-0.25, -0.2) is 0 Å². The Morgan fingerprint density at radius 1 is 1.25 bits per heavy atom. The molecule has 1 heterocycles. The molecule has 0 aliphatic heterocycles. The molecule has 1 aromatic heterocycles. The van der Waals surface area contributed by atoms with Crippen molar-refractivity contribution in [1.29, 1.82) is 0 Å². The predicted molar refractivity (Wildman–Crippen MR) is 63.9 cm³/mol. The number of ketones is 1. The van der Waals surface area contributed by atoms with Crippen molar-refractivity contribution >= 4 is 17.5 Å². The molecule has 2 rings (SSSR count). The van der Waals surface area contributed by atoms with E-state index in [2.05, 4.69) is 22.6 Å². The lowest BCUT2D eigenvalue weighted by Crippen LogP contribution is -2.01. The van der Waals surface area contributed by atoms with Crippen LogP contribution in [0.5, 0.6) is 0 Å². The zero-order valence-electron chi connectivity index (χ0n) is 9.18. The highest BCUT2D eigenvalue weighted by Gasteiger charge is 2.11. The minimum absolute atomic E-state index is 0.0657. The number of carbonyl (C=O) groups excluding carboxylic acids is 1. The van der Waals surface area contributed by atoms with E-state index in [1.165, 1.54) is 11.8 Å². The zero-order valence-corrected chi connectivity index (χ0v) is 9.99. The Labute approximate surface area is 98.5 Å². The van der Waals surface area contributed by atoms with Crippen LogP contribution in [0.2, 0.25) is 0 Å². The minimum Gasteiger partial charge on any atom is -0.287 e. The van der Waals surface area contributed by atoms with Crippen LogP contribution in [0.25, 0.3) is 0 Å². The van der Waals surface area contributed by atoms with E-state index in [1.54, 1.807) is 0 Å². The number of nitrogens with zero attached hydrogens (tertiary/aromatic N) is 2. The molecule has 2 aromatic rings. The average molecular weight is 232 g/mol. The molecule has 4 heteroatoms. The molecule has 0 N–H and O–H groups in total. The summed E-state index contributed by atoms with van der Waals surface area (Å²) in [6, 6.07) is 7.66. The van der Waals surface area contributed by atoms with E-state index < -0.39 is 0 Å². The summed E-state index contributed by atoms with van der Waals surface area (Å²) < 4.78 is 7.76. The molecule has 0 fully saturated rings. The van der Waals surface area contributed by atoms with Crippen LogP contribution in [0, 0.1) is 0 Å². The summed E-state index contributed by atoms with van der Waals surface area (Å²) in [5.74, 6) is 0.411. The van der Waals surface area contributed by atoms with Crippen molar-refractivity contribution in [2.24, 2.45) is 0 Å². The molecule has 16 heavy (non-hydrogen) atoms. The maximum Gasteiger partial charge on any atom is 0.214 e. The van der Waals surface area contributed by atoms with Crippen molar-refractivity contribution in [1.82, 2.24) is 8.75 Å². The fourth-order valence-corrected chi connectivity index (χ4v) is 1.84. The Hall–Kier alpha value is -1.55. The zero-order chi connectivity index (χ0) is 11.5. The molecule has 0 saturated heterocycles. The fraction of sp³-hybridized carbons (Fsp3) is 0.250. The molecule has 1 aromatic carbocycles. The first-order valence-electron chi connectivity index (χ1n) is 5.10. The molecule has 0 aliphatic rings. The molecule has 0 atom stereocenters. The average Bonchev–Trinajstić information content (AvgIpc) is 2.81. The highest BCUT2D eigenvalue weighted by Crippen LogP contribution is 2.16. The van der Waals surface area contributed by atoms with Gasteiger partial charge in [-0.05, 0) is 11.5 Å². The van der Waals surface area contributed by atoms with Gasteiger partial charge in [0.1, 0.15) is 5.69 Å². The van der Waals surface area contributed by atoms with Crippen molar-refractivity contribution in [2.45, 2.75) is 19.8 Å². The summed E-state index contributed by atoms with van der Waals surface area (Å²) in [6.07, 6.45) is 1.50. The molecular weight excluding hydrogens is 220 g/mol. The molecule has 3 nitrogen and oxygen atoms in total. The van der Waals surface area contributed by atoms with Gasteiger partial charge < -0.3 is 0 Å². The van der Waals surface area contributed by atoms with Gasteiger partial charge in [-0.2, -0.15) is 8.75 Å². The highest BCUT2D eigenvalue weighted by molar-refractivity contribution is 6.99. The first kappa shape index (κ1) is 11.0. The third kappa shape index (κ3) is 2.17. The fourth-order valence-electron chi connectivity index (χ4n) is 1.43. The van der Waals surface area contributed by atoms with Crippen molar-refractivity contribution in [2.75, 3.05) is 0 Å². The Kier molecular flexibility index (Phi) is 3.10. The van der Waals surface area contributed by atoms with Crippen molar-refractivity contribution in [3.63, 3.8) is 0 Å². The van der Waals surface area contributed by atoms with Crippen LogP contribution < -0.4 is 0 Å². The van der Waals surface area contributed by atoms with E-state index in [0.717, 1.165) is 11.7 Å². The van der Waals surface area contributed by atoms with E-state index in [1.807, 2.05) is 24.3 Å². The summed E-state index contributed by atoms with van der Waals surface area (Å²) in [5.41, 5.74) is 2.31. The smallest absolute Gasteiger partial charge is 0.214 e. The molecule has 0 unspecified atom stereocenters. The van der Waals surface area contributed by atoms with E-state index in [4.69, 9.17) is 0 Å². The van der Waals surface area contributed by atoms with Crippen molar-refractivity contribution < 1.29 is 4.79 Å². The summed E-state index contributed by atoms with van der Waals surface area (Å²) in [7, 11) is 0. The first-order valence-corrected chi connectivity index (χ1v) is 5.83. The molecule has 0 amide bonds. The van der Waals surface area contributed by atoms with Crippen LogP contribution in [0.1, 0.15) is 41.4 Å². The first-order chi connectivity index (χ1) is 7.68. The van der Waals surface area contributed by atoms with E-state index in [-0.39, 0.29) is 5.78 Å². The lowest BCUT2D eigenvalue weighted by molar-refractivity contribution is 0.103. The molecule has 0 aliphatic carbocycles. The quantitative estimate of drug-likeness (QED) is 0.764. The lowest BCUT2D eigenvalue weighted by atomic mass is 10.00. The number of aromatic nitrogens is 2. The largest absolute Gasteiger partial charge is 0.287 e. The topological polar surface area (TPSA) is 42.9 Å². The third-order valence-electron chi connectivity index (χ3n) is 2.43. The summed E-state index contributed by atoms with van der Waals surface area (Å²) >= 11 is 1.05. The third-order valence-corrected chi connectivity index (χ3v) is 2.91. The van der Waals surface area contributed by atoms with E-state index in [9.17, 15) is 4.79 Å². The van der Waals surface area contributed by atoms with Crippen LogP contribution in [0.15, 0.2) is 30.5 Å². The van der Waals surface area contributed by atoms with Gasteiger partial charge in [0.05, 0.1) is 17.9 Å². The number of benzene rings is 1. The van der Waals surface area contributed by atoms with Crippen LogP contribution in [0.3, 0.4) is 0 Å². The molecule has 0 bridgehead atoms. The molecule has 82 valence electrons. The van der Waals surface area contributed by atoms with Crippen LogP contribution in [-0.4, -0.2) is 14.5 Å². The Morgan fingerprint density at radius 3 is 2.44 bits per heavy atom. The second-order valence-corrected chi connectivity index (χ2v) is 4.46. The summed E-state index contributed by atoms with van der Waals surface area (Å²) in [6.45, 7) is 4.25. The monoisotopic (exact) mass is 232 g/mol. The Morgan fingerprint density at radius 2 is 1.94 bits per heavy atom. The SMILES string of the molecule is CC(C)c1ccc(C(=O)c2cnsn2)cc1. The van der Waals surface area contributed by atoms with Gasteiger partial charge in [-0.1, -0.05) is 38.1 Å². The predicted octanol–water partition coefficient (Wildman–Crippen LogP) is 2.89. The standard InChI is InChI=1S/C12H12N2OS/c1-8(2)9-3-5-10(6-4-9)12(15)11-7-13-16-14-11/h3-8H,1-2H3. The van der Waals surface area contributed by atoms with Gasteiger partial charge in [0.25, 0.3) is 0 Å². The van der Waals surface area contributed by atoms with Gasteiger partial charge in [0.2, 0.25) is 5.78 Å². The number of carbonyl (C=O) groups is 1. The maximum absolute atomic E-state index is 11.9. The maximum atomic E-state index is 11.9. The molecule has 0 radical (unpaired) electrons. The van der Waals surface area contributed by atoms with Crippen molar-refractivity contribution in [3.8, 4) is 0 Å². The Bertz CT molecular complexity index is 474. The number of hydrogen-bond donors (Lipinski definition) is 0. The molecule has 0 saturated carbocycles. The summed E-state index contributed by atoms with van der Waals surface area (Å²) in [5, 5.41) is 0. The number of hydrogen-bond acceptors (Lipinski definition) is 4. The molecular formula is C12H12N2OS. The number of rotatable bonds is 3. The lowest BCUT2D eigenvalue weighted by Gasteiger charge is -2.05. The van der Waals surface area contributed by atoms with Crippen molar-refractivity contribution in [3.05, 3.63) is 47.3 Å². The van der Waals surface area contributed by atoms with Gasteiger partial charge in [0.15, 0.2) is 0 Å². The normalized spacial score (nSPS) is 10.7. The Balaban J connectivity index is 2.25. The van der Waals surface area contributed by atoms with Gasteiger partial charge >= 0.3 is 0 Å². The van der Waals surface area contributed by atoms with Crippen LogP contribution in [-0.2, 0) is 0 Å². The van der Waals surface area contributed by atoms with Crippen LogP contribution in [0.4, 0.5) is 0 Å². The van der Waals surface area contributed by atoms with E-state index >= 15 is 0 Å².